The number of aromatic nitrogens is 2. The van der Waals surface area contributed by atoms with E-state index in [-0.39, 0.29) is 17.4 Å². The predicted molar refractivity (Wildman–Crippen MR) is 138 cm³/mol. The van der Waals surface area contributed by atoms with Crippen LogP contribution in [0.5, 0.6) is 5.75 Å². The van der Waals surface area contributed by atoms with Gasteiger partial charge in [-0.05, 0) is 67.8 Å². The first-order chi connectivity index (χ1) is 16.8. The monoisotopic (exact) mass is 534 g/mol. The first-order valence-electron chi connectivity index (χ1n) is 11.7. The first-order valence-corrected chi connectivity index (χ1v) is 14.4. The lowest BCUT2D eigenvalue weighted by atomic mass is 10.2. The second-order valence-electron chi connectivity index (χ2n) is 8.91. The second-order valence-corrected chi connectivity index (χ2v) is 12.4. The first kappa shape index (κ1) is 24.3. The molecule has 0 amide bonds. The van der Waals surface area contributed by atoms with E-state index in [1.807, 2.05) is 17.2 Å². The summed E-state index contributed by atoms with van der Waals surface area (Å²) < 4.78 is 35.5. The minimum absolute atomic E-state index is 0.0135. The Morgan fingerprint density at radius 1 is 1.11 bits per heavy atom. The minimum Gasteiger partial charge on any atom is -0.483 e. The molecule has 1 saturated heterocycles. The molecule has 0 N–H and O–H groups in total. The van der Waals surface area contributed by atoms with Crippen LogP contribution in [-0.4, -0.2) is 54.8 Å². The van der Waals surface area contributed by atoms with Gasteiger partial charge in [-0.1, -0.05) is 17.7 Å². The predicted octanol–water partition coefficient (Wildman–Crippen LogP) is 4.09. The molecular formula is C24H27ClN4O4S2. The largest absolute Gasteiger partial charge is 0.483 e. The quantitative estimate of drug-likeness (QED) is 0.473. The van der Waals surface area contributed by atoms with Gasteiger partial charge in [0.2, 0.25) is 5.75 Å². The van der Waals surface area contributed by atoms with E-state index in [0.29, 0.717) is 46.8 Å². The summed E-state index contributed by atoms with van der Waals surface area (Å²) in [5.74, 6) is 0.261. The van der Waals surface area contributed by atoms with E-state index in [0.717, 1.165) is 31.2 Å². The number of benzene rings is 1. The summed E-state index contributed by atoms with van der Waals surface area (Å²) in [5, 5.41) is 6.77. The van der Waals surface area contributed by atoms with Crippen molar-refractivity contribution in [3.8, 4) is 11.4 Å². The molecule has 0 bridgehead atoms. The number of rotatable bonds is 6. The van der Waals surface area contributed by atoms with Crippen molar-refractivity contribution in [1.29, 1.82) is 0 Å². The number of sulfonamides is 1. The van der Waals surface area contributed by atoms with Crippen LogP contribution >= 0.6 is 22.9 Å². The van der Waals surface area contributed by atoms with Crippen LogP contribution in [0, 0.1) is 6.92 Å². The Balaban J connectivity index is 1.43. The standard InChI is InChI=1S/C24H27ClN4O4S2/c1-17-13-22(34-16-17)35(31,32)28-11-9-27(10-12-28)21-15-26-29(19-6-4-5-18(25)14-19)24(30)23(21)33-20-7-2-3-8-20/h4-6,13-16,20H,2-3,7-12H2,1H3. The fourth-order valence-electron chi connectivity index (χ4n) is 4.57. The molecule has 5 rings (SSSR count). The molecule has 1 saturated carbocycles. The molecule has 8 nitrogen and oxygen atoms in total. The highest BCUT2D eigenvalue weighted by atomic mass is 35.5. The Hall–Kier alpha value is -2.40. The lowest BCUT2D eigenvalue weighted by Crippen LogP contribution is -2.49. The van der Waals surface area contributed by atoms with Crippen LogP contribution < -0.4 is 15.2 Å². The average Bonchev–Trinajstić information content (AvgIpc) is 3.52. The van der Waals surface area contributed by atoms with Crippen LogP contribution in [0.25, 0.3) is 5.69 Å². The highest BCUT2D eigenvalue weighted by molar-refractivity contribution is 7.91. The van der Waals surface area contributed by atoms with Crippen molar-refractivity contribution in [3.05, 3.63) is 62.8 Å². The van der Waals surface area contributed by atoms with Crippen LogP contribution in [0.4, 0.5) is 5.69 Å². The average molecular weight is 535 g/mol. The van der Waals surface area contributed by atoms with E-state index in [4.69, 9.17) is 16.3 Å². The highest BCUT2D eigenvalue weighted by Gasteiger charge is 2.32. The maximum absolute atomic E-state index is 13.5. The number of halogens is 1. The van der Waals surface area contributed by atoms with Gasteiger partial charge in [-0.2, -0.15) is 14.1 Å². The van der Waals surface area contributed by atoms with Crippen molar-refractivity contribution in [1.82, 2.24) is 14.1 Å². The van der Waals surface area contributed by atoms with Gasteiger partial charge in [-0.15, -0.1) is 11.3 Å². The van der Waals surface area contributed by atoms with Crippen LogP contribution in [-0.2, 0) is 10.0 Å². The second kappa shape index (κ2) is 9.93. The van der Waals surface area contributed by atoms with E-state index < -0.39 is 10.0 Å². The molecule has 1 aliphatic heterocycles. The van der Waals surface area contributed by atoms with Crippen LogP contribution in [0.1, 0.15) is 31.2 Å². The SMILES string of the molecule is Cc1csc(S(=O)(=O)N2CCN(c3cnn(-c4cccc(Cl)c4)c(=O)c3OC3CCCC3)CC2)c1. The Kier molecular flexibility index (Phi) is 6.89. The van der Waals surface area contributed by atoms with E-state index in [2.05, 4.69) is 5.10 Å². The third kappa shape index (κ3) is 4.97. The van der Waals surface area contributed by atoms with Crippen molar-refractivity contribution >= 4 is 38.6 Å². The topological polar surface area (TPSA) is 84.7 Å². The summed E-state index contributed by atoms with van der Waals surface area (Å²) in [5.41, 5.74) is 1.75. The van der Waals surface area contributed by atoms with Gasteiger partial charge in [0, 0.05) is 31.2 Å². The van der Waals surface area contributed by atoms with Gasteiger partial charge in [0.25, 0.3) is 10.0 Å². The van der Waals surface area contributed by atoms with Gasteiger partial charge in [-0.25, -0.2) is 8.42 Å². The van der Waals surface area contributed by atoms with Gasteiger partial charge in [0.05, 0.1) is 18.0 Å². The van der Waals surface area contributed by atoms with Crippen LogP contribution in [0.3, 0.4) is 0 Å². The minimum atomic E-state index is -3.53. The summed E-state index contributed by atoms with van der Waals surface area (Å²) in [4.78, 5) is 15.5. The van der Waals surface area contributed by atoms with Gasteiger partial charge >= 0.3 is 5.56 Å². The number of hydrogen-bond acceptors (Lipinski definition) is 7. The number of aryl methyl sites for hydroxylation is 1. The lowest BCUT2D eigenvalue weighted by Gasteiger charge is -2.35. The molecule has 3 heterocycles. The number of thiophene rings is 1. The molecular weight excluding hydrogens is 508 g/mol. The van der Waals surface area contributed by atoms with E-state index in [1.165, 1.54) is 20.3 Å². The molecule has 2 aliphatic rings. The van der Waals surface area contributed by atoms with Crippen molar-refractivity contribution in [3.63, 3.8) is 0 Å². The van der Waals surface area contributed by atoms with E-state index in [1.54, 1.807) is 36.5 Å². The number of ether oxygens (including phenoxy) is 1. The van der Waals surface area contributed by atoms with Gasteiger partial charge < -0.3 is 9.64 Å². The zero-order valence-corrected chi connectivity index (χ0v) is 21.8. The third-order valence-electron chi connectivity index (χ3n) is 6.43. The Labute approximate surface area is 213 Å². The molecule has 3 aromatic rings. The summed E-state index contributed by atoms with van der Waals surface area (Å²) in [6, 6.07) is 8.68. The Bertz CT molecular complexity index is 1370. The molecule has 0 unspecified atom stereocenters. The number of nitrogens with zero attached hydrogens (tertiary/aromatic N) is 4. The number of piperazine rings is 1. The Morgan fingerprint density at radius 3 is 2.51 bits per heavy atom. The van der Waals surface area contributed by atoms with Crippen LogP contribution in [0.2, 0.25) is 5.02 Å². The fraction of sp³-hybridized carbons (Fsp3) is 0.417. The van der Waals surface area contributed by atoms with Gasteiger partial charge in [0.1, 0.15) is 9.90 Å². The van der Waals surface area contributed by atoms with Crippen molar-refractivity contribution in [2.24, 2.45) is 0 Å². The number of anilines is 1. The van der Waals surface area contributed by atoms with Gasteiger partial charge in [-0.3, -0.25) is 4.79 Å². The zero-order valence-electron chi connectivity index (χ0n) is 19.4. The summed E-state index contributed by atoms with van der Waals surface area (Å²) in [7, 11) is -3.53. The maximum Gasteiger partial charge on any atom is 0.316 e. The van der Waals surface area contributed by atoms with Gasteiger partial charge in [0.15, 0.2) is 0 Å². The Morgan fingerprint density at radius 2 is 1.86 bits per heavy atom. The molecule has 11 heteroatoms. The highest BCUT2D eigenvalue weighted by Crippen LogP contribution is 2.31. The lowest BCUT2D eigenvalue weighted by molar-refractivity contribution is 0.205. The molecule has 2 aromatic heterocycles. The maximum atomic E-state index is 13.5. The molecule has 1 aliphatic carbocycles. The normalized spacial score (nSPS) is 17.7. The molecule has 0 atom stereocenters. The van der Waals surface area contributed by atoms with Crippen LogP contribution in [0.15, 0.2) is 50.9 Å². The van der Waals surface area contributed by atoms with Crippen molar-refractivity contribution in [2.75, 3.05) is 31.1 Å². The summed E-state index contributed by atoms with van der Waals surface area (Å²) in [6.45, 7) is 3.40. The molecule has 0 radical (unpaired) electrons. The zero-order chi connectivity index (χ0) is 24.6. The number of hydrogen-bond donors (Lipinski definition) is 0. The molecule has 0 spiro atoms. The molecule has 186 valence electrons. The van der Waals surface area contributed by atoms with E-state index >= 15 is 0 Å². The third-order valence-corrected chi connectivity index (χ3v) is 10.1. The summed E-state index contributed by atoms with van der Waals surface area (Å²) in [6.07, 6.45) is 5.59. The molecule has 1 aromatic carbocycles. The molecule has 35 heavy (non-hydrogen) atoms. The van der Waals surface area contributed by atoms with Crippen molar-refractivity contribution in [2.45, 2.75) is 42.9 Å². The molecule has 2 fully saturated rings. The smallest absolute Gasteiger partial charge is 0.316 e. The van der Waals surface area contributed by atoms with Crippen molar-refractivity contribution < 1.29 is 13.2 Å². The fourth-order valence-corrected chi connectivity index (χ4v) is 7.56. The van der Waals surface area contributed by atoms with E-state index in [9.17, 15) is 13.2 Å². The summed E-state index contributed by atoms with van der Waals surface area (Å²) >= 11 is 7.38.